The quantitative estimate of drug-likeness (QED) is 0.550. The molecule has 0 radical (unpaired) electrons. The molecule has 128 valence electrons. The number of nitrogens with two attached hydrogens (primary N) is 1. The molecular formula is C19H20ClN5. The number of fused-ring (bicyclic) bond motifs is 2. The van der Waals surface area contributed by atoms with Gasteiger partial charge in [0.15, 0.2) is 5.65 Å². The summed E-state index contributed by atoms with van der Waals surface area (Å²) in [6.45, 7) is 6.30. The van der Waals surface area contributed by atoms with E-state index in [4.69, 9.17) is 10.8 Å². The Labute approximate surface area is 152 Å². The van der Waals surface area contributed by atoms with Crippen molar-refractivity contribution in [3.05, 3.63) is 48.8 Å². The summed E-state index contributed by atoms with van der Waals surface area (Å²) in [7, 11) is 0. The summed E-state index contributed by atoms with van der Waals surface area (Å²) in [6.07, 6.45) is 1.49. The predicted molar refractivity (Wildman–Crippen MR) is 105 cm³/mol. The minimum atomic E-state index is -0.200. The first-order valence-corrected chi connectivity index (χ1v) is 7.94. The van der Waals surface area contributed by atoms with E-state index in [0.717, 1.165) is 22.3 Å². The van der Waals surface area contributed by atoms with Gasteiger partial charge in [0.25, 0.3) is 0 Å². The van der Waals surface area contributed by atoms with Gasteiger partial charge < -0.3 is 5.73 Å². The Bertz CT molecular complexity index is 1060. The van der Waals surface area contributed by atoms with Crippen molar-refractivity contribution in [2.24, 2.45) is 0 Å². The maximum atomic E-state index is 6.16. The molecule has 5 nitrogen and oxygen atoms in total. The van der Waals surface area contributed by atoms with Gasteiger partial charge in [-0.1, -0.05) is 36.4 Å². The van der Waals surface area contributed by atoms with Crippen LogP contribution in [0.3, 0.4) is 0 Å². The Kier molecular flexibility index (Phi) is 4.13. The van der Waals surface area contributed by atoms with Crippen LogP contribution in [0, 0.1) is 0 Å². The lowest BCUT2D eigenvalue weighted by Gasteiger charge is -2.19. The number of aromatic nitrogens is 4. The van der Waals surface area contributed by atoms with E-state index in [2.05, 4.69) is 61.1 Å². The molecule has 4 aromatic rings. The van der Waals surface area contributed by atoms with Crippen LogP contribution in [0.4, 0.5) is 5.82 Å². The highest BCUT2D eigenvalue weighted by Crippen LogP contribution is 2.34. The molecule has 25 heavy (non-hydrogen) atoms. The molecule has 0 amide bonds. The lowest BCUT2D eigenvalue weighted by Crippen LogP contribution is -2.23. The summed E-state index contributed by atoms with van der Waals surface area (Å²) in [4.78, 5) is 8.59. The van der Waals surface area contributed by atoms with Crippen molar-refractivity contribution in [3.8, 4) is 11.3 Å². The number of anilines is 1. The van der Waals surface area contributed by atoms with E-state index < -0.39 is 0 Å². The fourth-order valence-electron chi connectivity index (χ4n) is 2.98. The molecule has 0 atom stereocenters. The normalized spacial score (nSPS) is 11.6. The van der Waals surface area contributed by atoms with Crippen LogP contribution in [-0.4, -0.2) is 19.7 Å². The van der Waals surface area contributed by atoms with Crippen molar-refractivity contribution in [1.29, 1.82) is 0 Å². The van der Waals surface area contributed by atoms with Gasteiger partial charge >= 0.3 is 0 Å². The highest BCUT2D eigenvalue weighted by molar-refractivity contribution is 6.00. The lowest BCUT2D eigenvalue weighted by atomic mass is 10.0. The standard InChI is InChI=1S/C19H19N5.ClH/c1-19(2,3)24-18-15(17(20)21-11-22-18)16(23-24)14-9-8-12-6-4-5-7-13(12)10-14;/h4-11H,1-3H3,(H2,20,21,22);1H. The van der Waals surface area contributed by atoms with Crippen molar-refractivity contribution in [2.45, 2.75) is 26.3 Å². The molecule has 0 aliphatic rings. The van der Waals surface area contributed by atoms with Crippen molar-refractivity contribution < 1.29 is 0 Å². The topological polar surface area (TPSA) is 69.6 Å². The van der Waals surface area contributed by atoms with Crippen LogP contribution in [0.1, 0.15) is 20.8 Å². The summed E-state index contributed by atoms with van der Waals surface area (Å²) in [6, 6.07) is 14.6. The van der Waals surface area contributed by atoms with Crippen molar-refractivity contribution in [3.63, 3.8) is 0 Å². The monoisotopic (exact) mass is 353 g/mol. The molecule has 0 aliphatic carbocycles. The number of hydrogen-bond donors (Lipinski definition) is 1. The van der Waals surface area contributed by atoms with Gasteiger partial charge in [-0.25, -0.2) is 14.6 Å². The van der Waals surface area contributed by atoms with Gasteiger partial charge in [0.05, 0.1) is 10.9 Å². The first-order valence-electron chi connectivity index (χ1n) is 7.94. The zero-order valence-corrected chi connectivity index (χ0v) is 15.2. The molecule has 0 saturated carbocycles. The first-order chi connectivity index (χ1) is 11.4. The first kappa shape index (κ1) is 17.2. The Hall–Kier alpha value is -2.66. The number of nitrogen functional groups attached to an aromatic ring is 1. The number of halogens is 1. The Morgan fingerprint density at radius 3 is 2.40 bits per heavy atom. The van der Waals surface area contributed by atoms with Gasteiger partial charge in [0.1, 0.15) is 17.8 Å². The molecule has 2 aromatic heterocycles. The van der Waals surface area contributed by atoms with Gasteiger partial charge in [0, 0.05) is 5.56 Å². The van der Waals surface area contributed by atoms with Crippen LogP contribution in [0.15, 0.2) is 48.8 Å². The van der Waals surface area contributed by atoms with E-state index in [1.165, 1.54) is 17.1 Å². The van der Waals surface area contributed by atoms with Crippen molar-refractivity contribution >= 4 is 40.0 Å². The molecule has 0 aliphatic heterocycles. The number of rotatable bonds is 1. The van der Waals surface area contributed by atoms with Crippen molar-refractivity contribution in [2.75, 3.05) is 5.73 Å². The van der Waals surface area contributed by atoms with Crippen LogP contribution in [0.25, 0.3) is 33.1 Å². The van der Waals surface area contributed by atoms with E-state index in [0.29, 0.717) is 5.82 Å². The highest BCUT2D eigenvalue weighted by atomic mass is 35.5. The van der Waals surface area contributed by atoms with E-state index in [9.17, 15) is 0 Å². The maximum Gasteiger partial charge on any atom is 0.164 e. The second-order valence-electron chi connectivity index (χ2n) is 6.95. The smallest absolute Gasteiger partial charge is 0.164 e. The molecule has 0 spiro atoms. The number of benzene rings is 2. The van der Waals surface area contributed by atoms with E-state index in [1.807, 2.05) is 16.8 Å². The Balaban J connectivity index is 0.00000182. The summed E-state index contributed by atoms with van der Waals surface area (Å²) in [5.41, 5.74) is 8.56. The average molecular weight is 354 g/mol. The van der Waals surface area contributed by atoms with E-state index in [1.54, 1.807) is 0 Å². The zero-order valence-electron chi connectivity index (χ0n) is 14.4. The third-order valence-electron chi connectivity index (χ3n) is 4.15. The third kappa shape index (κ3) is 2.81. The van der Waals surface area contributed by atoms with E-state index in [-0.39, 0.29) is 17.9 Å². The molecule has 2 heterocycles. The molecule has 2 aromatic carbocycles. The highest BCUT2D eigenvalue weighted by Gasteiger charge is 2.23. The van der Waals surface area contributed by atoms with Crippen LogP contribution in [0.5, 0.6) is 0 Å². The molecule has 0 unspecified atom stereocenters. The van der Waals surface area contributed by atoms with Gasteiger partial charge in [-0.15, -0.1) is 12.4 Å². The molecule has 0 bridgehead atoms. The molecule has 6 heteroatoms. The maximum absolute atomic E-state index is 6.16. The van der Waals surface area contributed by atoms with Gasteiger partial charge in [-0.3, -0.25) is 0 Å². The van der Waals surface area contributed by atoms with Crippen LogP contribution >= 0.6 is 12.4 Å². The molecule has 2 N–H and O–H groups in total. The lowest BCUT2D eigenvalue weighted by molar-refractivity contribution is 0.367. The third-order valence-corrected chi connectivity index (χ3v) is 4.15. The molecular weight excluding hydrogens is 334 g/mol. The van der Waals surface area contributed by atoms with E-state index >= 15 is 0 Å². The number of nitrogens with zero attached hydrogens (tertiary/aromatic N) is 4. The summed E-state index contributed by atoms with van der Waals surface area (Å²) in [5.74, 6) is 0.457. The summed E-state index contributed by atoms with van der Waals surface area (Å²) >= 11 is 0. The fraction of sp³-hybridized carbons (Fsp3) is 0.211. The van der Waals surface area contributed by atoms with Crippen LogP contribution < -0.4 is 5.73 Å². The van der Waals surface area contributed by atoms with Crippen molar-refractivity contribution in [1.82, 2.24) is 19.7 Å². The Morgan fingerprint density at radius 1 is 0.960 bits per heavy atom. The molecule has 0 fully saturated rings. The van der Waals surface area contributed by atoms with Gasteiger partial charge in [-0.05, 0) is 37.6 Å². The van der Waals surface area contributed by atoms with Crippen LogP contribution in [-0.2, 0) is 5.54 Å². The van der Waals surface area contributed by atoms with Gasteiger partial charge in [0.2, 0.25) is 0 Å². The second-order valence-corrected chi connectivity index (χ2v) is 6.95. The average Bonchev–Trinajstić information content (AvgIpc) is 2.96. The summed E-state index contributed by atoms with van der Waals surface area (Å²) in [5, 5.41) is 8.01. The van der Waals surface area contributed by atoms with Crippen LogP contribution in [0.2, 0.25) is 0 Å². The largest absolute Gasteiger partial charge is 0.383 e. The molecule has 0 saturated heterocycles. The summed E-state index contributed by atoms with van der Waals surface area (Å²) < 4.78 is 1.92. The SMILES string of the molecule is CC(C)(C)n1nc(-c2ccc3ccccc3c2)c2c(N)ncnc21.Cl. The minimum absolute atomic E-state index is 0. The second kappa shape index (κ2) is 6.01. The zero-order chi connectivity index (χ0) is 16.9. The fourth-order valence-corrected chi connectivity index (χ4v) is 2.98. The predicted octanol–water partition coefficient (Wildman–Crippen LogP) is 4.41. The minimum Gasteiger partial charge on any atom is -0.383 e. The van der Waals surface area contributed by atoms with Gasteiger partial charge in [-0.2, -0.15) is 5.10 Å². The molecule has 4 rings (SSSR count). The number of hydrogen-bond acceptors (Lipinski definition) is 4. The Morgan fingerprint density at radius 2 is 1.68 bits per heavy atom.